The summed E-state index contributed by atoms with van der Waals surface area (Å²) in [5.74, 6) is -0.556. The van der Waals surface area contributed by atoms with Crippen molar-refractivity contribution in [2.75, 3.05) is 6.54 Å². The first-order valence-electron chi connectivity index (χ1n) is 7.20. The van der Waals surface area contributed by atoms with Crippen LogP contribution in [0.1, 0.15) is 38.2 Å². The van der Waals surface area contributed by atoms with Gasteiger partial charge >= 0.3 is 5.97 Å². The minimum Gasteiger partial charge on any atom is -0.481 e. The Labute approximate surface area is 133 Å². The molecule has 1 aliphatic rings. The summed E-state index contributed by atoms with van der Waals surface area (Å²) in [6.07, 6.45) is 2.49. The van der Waals surface area contributed by atoms with E-state index in [2.05, 4.69) is 21.2 Å². The Hall–Kier alpha value is -1.36. The van der Waals surface area contributed by atoms with Gasteiger partial charge in [0, 0.05) is 17.4 Å². The molecule has 0 saturated heterocycles. The van der Waals surface area contributed by atoms with Gasteiger partial charge in [0.15, 0.2) is 0 Å². The zero-order chi connectivity index (χ0) is 15.5. The topological polar surface area (TPSA) is 66.4 Å². The highest BCUT2D eigenvalue weighted by molar-refractivity contribution is 9.10. The lowest BCUT2D eigenvalue weighted by molar-refractivity contribution is -0.137. The Balaban J connectivity index is 1.88. The van der Waals surface area contributed by atoms with Crippen LogP contribution in [0.15, 0.2) is 28.7 Å². The molecular formula is C16H20BrNO3. The normalized spacial score (nSPS) is 17.0. The van der Waals surface area contributed by atoms with Crippen LogP contribution < -0.4 is 5.32 Å². The van der Waals surface area contributed by atoms with Crippen molar-refractivity contribution in [1.29, 1.82) is 0 Å². The zero-order valence-electron chi connectivity index (χ0n) is 12.1. The van der Waals surface area contributed by atoms with E-state index in [9.17, 15) is 9.59 Å². The van der Waals surface area contributed by atoms with Crippen molar-refractivity contribution in [2.45, 2.75) is 38.0 Å². The number of hydrogen-bond donors (Lipinski definition) is 2. The molecule has 1 aromatic carbocycles. The molecule has 0 bridgehead atoms. The predicted octanol–water partition coefficient (Wildman–Crippen LogP) is 3.10. The molecule has 1 saturated carbocycles. The SMILES string of the molecule is CC(CCC(=O)O)CNC(=O)C1(c2ccc(Br)cc2)CC1. The molecule has 1 fully saturated rings. The molecule has 0 heterocycles. The van der Waals surface area contributed by atoms with E-state index < -0.39 is 5.97 Å². The molecule has 0 aliphatic heterocycles. The van der Waals surface area contributed by atoms with Crippen LogP contribution in [0.5, 0.6) is 0 Å². The smallest absolute Gasteiger partial charge is 0.303 e. The van der Waals surface area contributed by atoms with Gasteiger partial charge in [0.25, 0.3) is 0 Å². The minimum atomic E-state index is -0.790. The molecule has 0 spiro atoms. The molecule has 1 atom stereocenters. The number of benzene rings is 1. The van der Waals surface area contributed by atoms with Crippen molar-refractivity contribution in [2.24, 2.45) is 5.92 Å². The van der Waals surface area contributed by atoms with Crippen molar-refractivity contribution in [1.82, 2.24) is 5.32 Å². The molecule has 5 heteroatoms. The van der Waals surface area contributed by atoms with E-state index in [1.54, 1.807) is 0 Å². The summed E-state index contributed by atoms with van der Waals surface area (Å²) in [5, 5.41) is 11.6. The maximum absolute atomic E-state index is 12.4. The average Bonchev–Trinajstić information content (AvgIpc) is 3.25. The van der Waals surface area contributed by atoms with Crippen molar-refractivity contribution < 1.29 is 14.7 Å². The first kappa shape index (κ1) is 16.0. The molecule has 0 aromatic heterocycles. The van der Waals surface area contributed by atoms with E-state index in [0.29, 0.717) is 13.0 Å². The van der Waals surface area contributed by atoms with Crippen molar-refractivity contribution >= 4 is 27.8 Å². The predicted molar refractivity (Wildman–Crippen MR) is 84.1 cm³/mol. The second-order valence-electron chi connectivity index (χ2n) is 5.84. The number of nitrogens with one attached hydrogen (secondary N) is 1. The first-order chi connectivity index (χ1) is 9.94. The summed E-state index contributed by atoms with van der Waals surface area (Å²) < 4.78 is 1.00. The minimum absolute atomic E-state index is 0.0620. The number of carboxylic acid groups (broad SMARTS) is 1. The Morgan fingerprint density at radius 1 is 1.33 bits per heavy atom. The summed E-state index contributed by atoms with van der Waals surface area (Å²) in [6, 6.07) is 7.89. The van der Waals surface area contributed by atoms with Gasteiger partial charge in [-0.15, -0.1) is 0 Å². The van der Waals surface area contributed by atoms with Crippen LogP contribution in [-0.2, 0) is 15.0 Å². The molecular weight excluding hydrogens is 334 g/mol. The van der Waals surface area contributed by atoms with Gasteiger partial charge in [0.1, 0.15) is 0 Å². The number of carbonyl (C=O) groups is 2. The molecule has 2 rings (SSSR count). The fourth-order valence-electron chi connectivity index (χ4n) is 2.45. The van der Waals surface area contributed by atoms with Gasteiger partial charge in [-0.1, -0.05) is 35.0 Å². The molecule has 1 amide bonds. The molecule has 21 heavy (non-hydrogen) atoms. The highest BCUT2D eigenvalue weighted by atomic mass is 79.9. The fourth-order valence-corrected chi connectivity index (χ4v) is 2.71. The van der Waals surface area contributed by atoms with E-state index in [4.69, 9.17) is 5.11 Å². The van der Waals surface area contributed by atoms with Crippen LogP contribution in [0.2, 0.25) is 0 Å². The molecule has 4 nitrogen and oxygen atoms in total. The van der Waals surface area contributed by atoms with Crippen molar-refractivity contribution in [3.63, 3.8) is 0 Å². The second kappa shape index (κ2) is 6.60. The van der Waals surface area contributed by atoms with Crippen molar-refractivity contribution in [3.8, 4) is 0 Å². The standard InChI is InChI=1S/C16H20BrNO3/c1-11(2-7-14(19)20)10-18-15(21)16(8-9-16)12-3-5-13(17)6-4-12/h3-6,11H,2,7-10H2,1H3,(H,18,21)(H,19,20). The van der Waals surface area contributed by atoms with Gasteiger partial charge in [-0.2, -0.15) is 0 Å². The third kappa shape index (κ3) is 4.06. The number of carbonyl (C=O) groups excluding carboxylic acids is 1. The second-order valence-corrected chi connectivity index (χ2v) is 6.75. The van der Waals surface area contributed by atoms with Gasteiger partial charge in [-0.05, 0) is 42.9 Å². The van der Waals surface area contributed by atoms with Crippen LogP contribution in [0, 0.1) is 5.92 Å². The average molecular weight is 354 g/mol. The maximum atomic E-state index is 12.4. The molecule has 0 radical (unpaired) electrons. The lowest BCUT2D eigenvalue weighted by Crippen LogP contribution is -2.37. The number of hydrogen-bond acceptors (Lipinski definition) is 2. The molecule has 1 unspecified atom stereocenters. The Kier molecular flexibility index (Phi) is 5.04. The maximum Gasteiger partial charge on any atom is 0.303 e. The van der Waals surface area contributed by atoms with E-state index in [-0.39, 0.29) is 23.7 Å². The molecule has 1 aromatic rings. The Morgan fingerprint density at radius 2 is 1.95 bits per heavy atom. The summed E-state index contributed by atoms with van der Waals surface area (Å²) in [5.41, 5.74) is 0.689. The third-order valence-corrected chi connectivity index (χ3v) is 4.57. The highest BCUT2D eigenvalue weighted by Crippen LogP contribution is 2.48. The Morgan fingerprint density at radius 3 is 2.48 bits per heavy atom. The van der Waals surface area contributed by atoms with E-state index in [1.165, 1.54) is 0 Å². The van der Waals surface area contributed by atoms with Crippen LogP contribution in [0.3, 0.4) is 0 Å². The van der Waals surface area contributed by atoms with Gasteiger partial charge in [0.2, 0.25) is 5.91 Å². The summed E-state index contributed by atoms with van der Waals surface area (Å²) in [7, 11) is 0. The molecule has 1 aliphatic carbocycles. The van der Waals surface area contributed by atoms with Gasteiger partial charge < -0.3 is 10.4 Å². The number of amides is 1. The summed E-state index contributed by atoms with van der Waals surface area (Å²) >= 11 is 3.40. The Bertz CT molecular complexity index is 523. The van der Waals surface area contributed by atoms with Crippen molar-refractivity contribution in [3.05, 3.63) is 34.3 Å². The van der Waals surface area contributed by atoms with E-state index in [0.717, 1.165) is 22.9 Å². The highest BCUT2D eigenvalue weighted by Gasteiger charge is 2.51. The number of carboxylic acids is 1. The fraction of sp³-hybridized carbons (Fsp3) is 0.500. The van der Waals surface area contributed by atoms with Gasteiger partial charge in [-0.3, -0.25) is 9.59 Å². The molecule has 2 N–H and O–H groups in total. The molecule has 114 valence electrons. The zero-order valence-corrected chi connectivity index (χ0v) is 13.6. The van der Waals surface area contributed by atoms with Gasteiger partial charge in [0.05, 0.1) is 5.41 Å². The number of aliphatic carboxylic acids is 1. The van der Waals surface area contributed by atoms with E-state index >= 15 is 0 Å². The first-order valence-corrected chi connectivity index (χ1v) is 7.99. The lowest BCUT2D eigenvalue weighted by Gasteiger charge is -2.18. The van der Waals surface area contributed by atoms with Crippen LogP contribution in [-0.4, -0.2) is 23.5 Å². The van der Waals surface area contributed by atoms with Gasteiger partial charge in [-0.25, -0.2) is 0 Å². The largest absolute Gasteiger partial charge is 0.481 e. The third-order valence-electron chi connectivity index (χ3n) is 4.04. The number of halogens is 1. The monoisotopic (exact) mass is 353 g/mol. The van der Waals surface area contributed by atoms with E-state index in [1.807, 2.05) is 31.2 Å². The van der Waals surface area contributed by atoms with Crippen LogP contribution >= 0.6 is 15.9 Å². The quantitative estimate of drug-likeness (QED) is 0.791. The lowest BCUT2D eigenvalue weighted by atomic mass is 9.94. The number of rotatable bonds is 7. The summed E-state index contributed by atoms with van der Waals surface area (Å²) in [4.78, 5) is 22.9. The van der Waals surface area contributed by atoms with Crippen LogP contribution in [0.25, 0.3) is 0 Å². The van der Waals surface area contributed by atoms with Crippen LogP contribution in [0.4, 0.5) is 0 Å². The summed E-state index contributed by atoms with van der Waals surface area (Å²) in [6.45, 7) is 2.49.